The molecule has 1 aliphatic heterocycles. The Balaban J connectivity index is 1.83. The van der Waals surface area contributed by atoms with E-state index < -0.39 is 0 Å². The Morgan fingerprint density at radius 2 is 1.86 bits per heavy atom. The maximum absolute atomic E-state index is 12.6. The lowest BCUT2D eigenvalue weighted by Gasteiger charge is -2.37. The Bertz CT molecular complexity index is 320. The second kappa shape index (κ2) is 8.14. The van der Waals surface area contributed by atoms with Crippen LogP contribution in [0.15, 0.2) is 0 Å². The van der Waals surface area contributed by atoms with E-state index in [0.717, 1.165) is 25.6 Å². The first-order chi connectivity index (χ1) is 10.1. The van der Waals surface area contributed by atoms with E-state index in [-0.39, 0.29) is 0 Å². The highest BCUT2D eigenvalue weighted by molar-refractivity contribution is 5.78. The average molecular weight is 295 g/mol. The summed E-state index contributed by atoms with van der Waals surface area (Å²) in [5.74, 6) is 1.15. The van der Waals surface area contributed by atoms with E-state index in [0.29, 0.717) is 24.5 Å². The van der Waals surface area contributed by atoms with Crippen molar-refractivity contribution in [1.82, 2.24) is 15.1 Å². The van der Waals surface area contributed by atoms with E-state index in [1.165, 1.54) is 38.5 Å². The SMILES string of the molecule is CCN(CC(=O)N(C)C1CCC(C)CC1)C1CCCNC1. The predicted molar refractivity (Wildman–Crippen MR) is 87.3 cm³/mol. The lowest BCUT2D eigenvalue weighted by Crippen LogP contribution is -2.51. The summed E-state index contributed by atoms with van der Waals surface area (Å²) in [4.78, 5) is 17.0. The molecule has 2 aliphatic rings. The molecule has 2 fully saturated rings. The number of rotatable bonds is 5. The van der Waals surface area contributed by atoms with Crippen LogP contribution in [0, 0.1) is 5.92 Å². The number of carbonyl (C=O) groups is 1. The summed E-state index contributed by atoms with van der Waals surface area (Å²) < 4.78 is 0. The molecule has 1 amide bonds. The van der Waals surface area contributed by atoms with Crippen LogP contribution in [0.5, 0.6) is 0 Å². The van der Waals surface area contributed by atoms with Crippen LogP contribution in [0.25, 0.3) is 0 Å². The monoisotopic (exact) mass is 295 g/mol. The number of nitrogens with zero attached hydrogens (tertiary/aromatic N) is 2. The van der Waals surface area contributed by atoms with Crippen LogP contribution < -0.4 is 5.32 Å². The third-order valence-corrected chi connectivity index (χ3v) is 5.46. The van der Waals surface area contributed by atoms with Gasteiger partial charge in [-0.15, -0.1) is 0 Å². The minimum atomic E-state index is 0.307. The first-order valence-electron chi connectivity index (χ1n) is 8.82. The zero-order valence-corrected chi connectivity index (χ0v) is 14.1. The third-order valence-electron chi connectivity index (χ3n) is 5.46. The van der Waals surface area contributed by atoms with Crippen LogP contribution >= 0.6 is 0 Å². The standard InChI is InChI=1S/C17H33N3O/c1-4-20(16-6-5-11-18-12-16)13-17(21)19(3)15-9-7-14(2)8-10-15/h14-16,18H,4-13H2,1-3H3. The van der Waals surface area contributed by atoms with Crippen molar-refractivity contribution >= 4 is 5.91 Å². The second-order valence-electron chi connectivity index (χ2n) is 6.98. The first-order valence-corrected chi connectivity index (χ1v) is 8.82. The first kappa shape index (κ1) is 16.8. The number of hydrogen-bond donors (Lipinski definition) is 1. The Morgan fingerprint density at radius 1 is 1.14 bits per heavy atom. The molecule has 0 bridgehead atoms. The fraction of sp³-hybridized carbons (Fsp3) is 0.941. The normalized spacial score (nSPS) is 30.4. The molecular weight excluding hydrogens is 262 g/mol. The number of amides is 1. The van der Waals surface area contributed by atoms with Gasteiger partial charge >= 0.3 is 0 Å². The molecule has 0 aromatic heterocycles. The molecule has 0 aromatic rings. The maximum atomic E-state index is 12.6. The summed E-state index contributed by atoms with van der Waals surface area (Å²) in [6.07, 6.45) is 7.35. The van der Waals surface area contributed by atoms with Gasteiger partial charge in [0, 0.05) is 25.7 Å². The molecule has 4 heteroatoms. The minimum Gasteiger partial charge on any atom is -0.342 e. The summed E-state index contributed by atoms with van der Waals surface area (Å²) in [5, 5.41) is 3.45. The highest BCUT2D eigenvalue weighted by atomic mass is 16.2. The van der Waals surface area contributed by atoms with Gasteiger partial charge in [0.15, 0.2) is 0 Å². The lowest BCUT2D eigenvalue weighted by atomic mass is 9.87. The van der Waals surface area contributed by atoms with Gasteiger partial charge < -0.3 is 10.2 Å². The summed E-state index contributed by atoms with van der Waals surface area (Å²) in [5.41, 5.74) is 0. The molecular formula is C17H33N3O. The molecule has 0 radical (unpaired) electrons. The number of carbonyl (C=O) groups excluding carboxylic acids is 1. The van der Waals surface area contributed by atoms with Crippen LogP contribution in [-0.4, -0.2) is 61.0 Å². The molecule has 1 atom stereocenters. The predicted octanol–water partition coefficient (Wildman–Crippen LogP) is 2.10. The van der Waals surface area contributed by atoms with E-state index in [9.17, 15) is 4.79 Å². The molecule has 21 heavy (non-hydrogen) atoms. The zero-order valence-electron chi connectivity index (χ0n) is 14.1. The molecule has 1 saturated heterocycles. The Kier molecular flexibility index (Phi) is 6.49. The Morgan fingerprint density at radius 3 is 2.43 bits per heavy atom. The molecule has 122 valence electrons. The van der Waals surface area contributed by atoms with Crippen LogP contribution in [0.2, 0.25) is 0 Å². The van der Waals surface area contributed by atoms with Gasteiger partial charge in [0.05, 0.1) is 6.54 Å². The van der Waals surface area contributed by atoms with E-state index >= 15 is 0 Å². The van der Waals surface area contributed by atoms with Crippen molar-refractivity contribution in [3.8, 4) is 0 Å². The van der Waals surface area contributed by atoms with E-state index in [2.05, 4.69) is 24.1 Å². The van der Waals surface area contributed by atoms with Crippen LogP contribution in [-0.2, 0) is 4.79 Å². The summed E-state index contributed by atoms with van der Waals surface area (Å²) in [7, 11) is 2.01. The summed E-state index contributed by atoms with van der Waals surface area (Å²) in [6, 6.07) is 1.00. The van der Waals surface area contributed by atoms with Crippen molar-refractivity contribution in [2.24, 2.45) is 5.92 Å². The van der Waals surface area contributed by atoms with Gasteiger partial charge in [0.25, 0.3) is 0 Å². The fourth-order valence-electron chi connectivity index (χ4n) is 3.76. The minimum absolute atomic E-state index is 0.307. The topological polar surface area (TPSA) is 35.6 Å². The van der Waals surface area contributed by atoms with Crippen LogP contribution in [0.1, 0.15) is 52.4 Å². The smallest absolute Gasteiger partial charge is 0.236 e. The van der Waals surface area contributed by atoms with Crippen molar-refractivity contribution in [2.75, 3.05) is 33.2 Å². The lowest BCUT2D eigenvalue weighted by molar-refractivity contribution is -0.134. The molecule has 0 spiro atoms. The van der Waals surface area contributed by atoms with Gasteiger partial charge in [-0.25, -0.2) is 0 Å². The van der Waals surface area contributed by atoms with Crippen LogP contribution in [0.4, 0.5) is 0 Å². The highest BCUT2D eigenvalue weighted by Crippen LogP contribution is 2.26. The molecule has 1 unspecified atom stereocenters. The van der Waals surface area contributed by atoms with Crippen LogP contribution in [0.3, 0.4) is 0 Å². The molecule has 1 aliphatic carbocycles. The zero-order chi connectivity index (χ0) is 15.2. The summed E-state index contributed by atoms with van der Waals surface area (Å²) in [6.45, 7) is 8.21. The van der Waals surface area contributed by atoms with Gasteiger partial charge in [-0.3, -0.25) is 9.69 Å². The number of hydrogen-bond acceptors (Lipinski definition) is 3. The number of nitrogens with one attached hydrogen (secondary N) is 1. The Labute approximate surface area is 130 Å². The van der Waals surface area contributed by atoms with E-state index in [4.69, 9.17) is 0 Å². The largest absolute Gasteiger partial charge is 0.342 e. The molecule has 4 nitrogen and oxygen atoms in total. The maximum Gasteiger partial charge on any atom is 0.236 e. The van der Waals surface area contributed by atoms with E-state index in [1.54, 1.807) is 0 Å². The second-order valence-corrected chi connectivity index (χ2v) is 6.98. The Hall–Kier alpha value is -0.610. The molecule has 2 rings (SSSR count). The van der Waals surface area contributed by atoms with E-state index in [1.807, 2.05) is 11.9 Å². The van der Waals surface area contributed by atoms with Crippen molar-refractivity contribution in [2.45, 2.75) is 64.5 Å². The van der Waals surface area contributed by atoms with Gasteiger partial charge in [-0.1, -0.05) is 13.8 Å². The average Bonchev–Trinajstić information content (AvgIpc) is 2.53. The van der Waals surface area contributed by atoms with Gasteiger partial charge in [-0.2, -0.15) is 0 Å². The molecule has 1 N–H and O–H groups in total. The number of likely N-dealkylation sites (N-methyl/N-ethyl adjacent to an activating group) is 2. The molecule has 0 aromatic carbocycles. The molecule has 1 heterocycles. The van der Waals surface area contributed by atoms with Gasteiger partial charge in [0.2, 0.25) is 5.91 Å². The number of piperidine rings is 1. The van der Waals surface area contributed by atoms with Gasteiger partial charge in [0.1, 0.15) is 0 Å². The molecule has 1 saturated carbocycles. The van der Waals surface area contributed by atoms with Crippen molar-refractivity contribution in [3.63, 3.8) is 0 Å². The van der Waals surface area contributed by atoms with Crippen molar-refractivity contribution in [3.05, 3.63) is 0 Å². The van der Waals surface area contributed by atoms with Crippen molar-refractivity contribution < 1.29 is 4.79 Å². The third kappa shape index (κ3) is 4.68. The summed E-state index contributed by atoms with van der Waals surface area (Å²) >= 11 is 0. The van der Waals surface area contributed by atoms with Crippen molar-refractivity contribution in [1.29, 1.82) is 0 Å². The quantitative estimate of drug-likeness (QED) is 0.844. The van der Waals surface area contributed by atoms with Gasteiger partial charge in [-0.05, 0) is 57.5 Å². The highest BCUT2D eigenvalue weighted by Gasteiger charge is 2.27. The fourth-order valence-corrected chi connectivity index (χ4v) is 3.76.